The Bertz CT molecular complexity index is 819. The van der Waals surface area contributed by atoms with Crippen LogP contribution < -0.4 is 0 Å². The number of aliphatic hydroxyl groups excluding tert-OH is 2. The van der Waals surface area contributed by atoms with Crippen molar-refractivity contribution in [1.29, 1.82) is 0 Å². The van der Waals surface area contributed by atoms with Crippen LogP contribution >= 0.6 is 0 Å². The van der Waals surface area contributed by atoms with Crippen molar-refractivity contribution in [3.05, 3.63) is 60.2 Å². The molecule has 1 aromatic carbocycles. The molecule has 0 spiro atoms. The molecule has 0 saturated carbocycles. The number of carboxylic acids is 1. The number of aromatic nitrogens is 4. The second kappa shape index (κ2) is 9.15. The van der Waals surface area contributed by atoms with E-state index in [-0.39, 0.29) is 12.8 Å². The van der Waals surface area contributed by atoms with E-state index in [2.05, 4.69) is 22.1 Å². The van der Waals surface area contributed by atoms with E-state index in [1.54, 1.807) is 7.05 Å². The van der Waals surface area contributed by atoms with Crippen molar-refractivity contribution in [3.63, 3.8) is 0 Å². The largest absolute Gasteiger partial charge is 0.481 e. The number of halogens is 1. The van der Waals surface area contributed by atoms with Crippen LogP contribution in [0.25, 0.3) is 5.57 Å². The number of carbonyl (C=O) groups is 1. The summed E-state index contributed by atoms with van der Waals surface area (Å²) in [5.74, 6) is -2.17. The molecule has 0 radical (unpaired) electrons. The van der Waals surface area contributed by atoms with Crippen molar-refractivity contribution in [1.82, 2.24) is 20.2 Å². The molecule has 2 aromatic rings. The minimum absolute atomic E-state index is 0.0637. The van der Waals surface area contributed by atoms with Gasteiger partial charge in [-0.1, -0.05) is 30.9 Å². The van der Waals surface area contributed by atoms with E-state index in [4.69, 9.17) is 0 Å². The quantitative estimate of drug-likeness (QED) is 0.564. The van der Waals surface area contributed by atoms with Crippen molar-refractivity contribution < 1.29 is 24.5 Å². The van der Waals surface area contributed by atoms with Crippen LogP contribution in [0.4, 0.5) is 4.39 Å². The number of carboxylic acid groups (broad SMARTS) is 1. The standard InChI is InChI=1S/C18H21FN4O4/c1-11(17-20-21-22-23(17)2)3-8-14(24)9-15(25)10-16(18(26)27)12-4-6-13(19)7-5-12/h3-8,14-16,24-25H,1,9-10H2,2H3,(H,26,27). The first-order chi connectivity index (χ1) is 12.8. The summed E-state index contributed by atoms with van der Waals surface area (Å²) in [6.45, 7) is 3.80. The predicted octanol–water partition coefficient (Wildman–Crippen LogP) is 1.29. The Morgan fingerprint density at radius 2 is 1.96 bits per heavy atom. The average molecular weight is 376 g/mol. The molecule has 3 unspecified atom stereocenters. The normalized spacial score (nSPS) is 14.8. The molecule has 2 rings (SSSR count). The molecule has 0 aliphatic rings. The number of nitrogens with zero attached hydrogens (tertiary/aromatic N) is 4. The first kappa shape index (κ1) is 20.4. The second-order valence-corrected chi connectivity index (χ2v) is 6.15. The van der Waals surface area contributed by atoms with Crippen molar-refractivity contribution in [2.45, 2.75) is 31.0 Å². The van der Waals surface area contributed by atoms with Gasteiger partial charge in [-0.05, 0) is 34.5 Å². The molecular formula is C18H21FN4O4. The highest BCUT2D eigenvalue weighted by Gasteiger charge is 2.24. The van der Waals surface area contributed by atoms with E-state index in [1.165, 1.54) is 41.1 Å². The lowest BCUT2D eigenvalue weighted by atomic mass is 9.91. The fourth-order valence-corrected chi connectivity index (χ4v) is 2.60. The number of aliphatic hydroxyl groups is 2. The van der Waals surface area contributed by atoms with Crippen LogP contribution in [0.1, 0.15) is 30.1 Å². The average Bonchev–Trinajstić information content (AvgIpc) is 3.04. The maximum Gasteiger partial charge on any atom is 0.311 e. The van der Waals surface area contributed by atoms with Crippen LogP contribution in [0.15, 0.2) is 43.0 Å². The van der Waals surface area contributed by atoms with Crippen molar-refractivity contribution in [2.75, 3.05) is 0 Å². The van der Waals surface area contributed by atoms with E-state index < -0.39 is 29.9 Å². The third kappa shape index (κ3) is 5.80. The van der Waals surface area contributed by atoms with Gasteiger partial charge in [0.05, 0.1) is 18.1 Å². The molecule has 0 aliphatic carbocycles. The zero-order valence-electron chi connectivity index (χ0n) is 14.7. The summed E-state index contributed by atoms with van der Waals surface area (Å²) in [5, 5.41) is 40.5. The number of tetrazole rings is 1. The van der Waals surface area contributed by atoms with Gasteiger partial charge in [0.25, 0.3) is 0 Å². The number of allylic oxidation sites excluding steroid dienone is 2. The van der Waals surface area contributed by atoms with Crippen molar-refractivity contribution >= 4 is 11.5 Å². The van der Waals surface area contributed by atoms with Gasteiger partial charge in [-0.2, -0.15) is 0 Å². The number of aryl methyl sites for hydroxylation is 1. The molecule has 0 amide bonds. The van der Waals surface area contributed by atoms with Crippen LogP contribution in [0.3, 0.4) is 0 Å². The van der Waals surface area contributed by atoms with Crippen molar-refractivity contribution in [2.24, 2.45) is 7.05 Å². The summed E-state index contributed by atoms with van der Waals surface area (Å²) in [6.07, 6.45) is 0.693. The highest BCUT2D eigenvalue weighted by molar-refractivity contribution is 5.76. The number of hydrogen-bond acceptors (Lipinski definition) is 6. The minimum atomic E-state index is -1.13. The van der Waals surface area contributed by atoms with E-state index in [0.717, 1.165) is 0 Å². The van der Waals surface area contributed by atoms with Crippen LogP contribution in [0, 0.1) is 5.82 Å². The highest BCUT2D eigenvalue weighted by atomic mass is 19.1. The summed E-state index contributed by atoms with van der Waals surface area (Å²) >= 11 is 0. The second-order valence-electron chi connectivity index (χ2n) is 6.15. The molecule has 27 heavy (non-hydrogen) atoms. The van der Waals surface area contributed by atoms with Gasteiger partial charge >= 0.3 is 5.97 Å². The van der Waals surface area contributed by atoms with E-state index in [9.17, 15) is 24.5 Å². The number of benzene rings is 1. The van der Waals surface area contributed by atoms with Gasteiger partial charge in [0.1, 0.15) is 5.82 Å². The molecule has 1 aromatic heterocycles. The maximum atomic E-state index is 13.0. The van der Waals surface area contributed by atoms with Gasteiger partial charge in [0.15, 0.2) is 5.82 Å². The molecule has 0 fully saturated rings. The number of aliphatic carboxylic acids is 1. The Hall–Kier alpha value is -2.91. The Kier molecular flexibility index (Phi) is 6.91. The van der Waals surface area contributed by atoms with Crippen LogP contribution in [-0.2, 0) is 11.8 Å². The summed E-state index contributed by atoms with van der Waals surface area (Å²) in [6, 6.07) is 5.08. The number of rotatable bonds is 9. The Morgan fingerprint density at radius 1 is 1.30 bits per heavy atom. The molecule has 1 heterocycles. The lowest BCUT2D eigenvalue weighted by Crippen LogP contribution is -2.22. The van der Waals surface area contributed by atoms with E-state index >= 15 is 0 Å². The first-order valence-corrected chi connectivity index (χ1v) is 8.22. The molecule has 9 heteroatoms. The Morgan fingerprint density at radius 3 is 2.52 bits per heavy atom. The molecule has 0 aliphatic heterocycles. The Balaban J connectivity index is 1.94. The topological polar surface area (TPSA) is 121 Å². The summed E-state index contributed by atoms with van der Waals surface area (Å²) in [5.41, 5.74) is 0.863. The third-order valence-electron chi connectivity index (χ3n) is 4.02. The lowest BCUT2D eigenvalue weighted by Gasteiger charge is -2.18. The van der Waals surface area contributed by atoms with Gasteiger partial charge in [0.2, 0.25) is 0 Å². The summed E-state index contributed by atoms with van der Waals surface area (Å²) in [4.78, 5) is 11.5. The van der Waals surface area contributed by atoms with Gasteiger partial charge in [-0.25, -0.2) is 9.07 Å². The zero-order valence-corrected chi connectivity index (χ0v) is 14.7. The van der Waals surface area contributed by atoms with Gasteiger partial charge in [-0.3, -0.25) is 4.79 Å². The molecular weight excluding hydrogens is 355 g/mol. The first-order valence-electron chi connectivity index (χ1n) is 8.22. The SMILES string of the molecule is C=C(C=CC(O)CC(O)CC(C(=O)O)c1ccc(F)cc1)c1nnnn1C. The monoisotopic (exact) mass is 376 g/mol. The van der Waals surface area contributed by atoms with Crippen LogP contribution in [0.2, 0.25) is 0 Å². The van der Waals surface area contributed by atoms with Gasteiger partial charge < -0.3 is 15.3 Å². The molecule has 0 bridgehead atoms. The fraction of sp³-hybridized carbons (Fsp3) is 0.333. The molecule has 144 valence electrons. The van der Waals surface area contributed by atoms with Gasteiger partial charge in [-0.15, -0.1) is 5.10 Å². The Labute approximate surface area is 155 Å². The smallest absolute Gasteiger partial charge is 0.311 e. The highest BCUT2D eigenvalue weighted by Crippen LogP contribution is 2.24. The third-order valence-corrected chi connectivity index (χ3v) is 4.02. The minimum Gasteiger partial charge on any atom is -0.481 e. The lowest BCUT2D eigenvalue weighted by molar-refractivity contribution is -0.139. The summed E-state index contributed by atoms with van der Waals surface area (Å²) in [7, 11) is 1.65. The van der Waals surface area contributed by atoms with Gasteiger partial charge in [0, 0.05) is 19.0 Å². The molecule has 0 saturated heterocycles. The molecule has 8 nitrogen and oxygen atoms in total. The summed E-state index contributed by atoms with van der Waals surface area (Å²) < 4.78 is 14.4. The number of hydrogen-bond donors (Lipinski definition) is 3. The predicted molar refractivity (Wildman–Crippen MR) is 95.0 cm³/mol. The van der Waals surface area contributed by atoms with Crippen molar-refractivity contribution in [3.8, 4) is 0 Å². The molecule has 3 N–H and O–H groups in total. The fourth-order valence-electron chi connectivity index (χ4n) is 2.60. The van der Waals surface area contributed by atoms with Crippen LogP contribution in [-0.4, -0.2) is 53.7 Å². The van der Waals surface area contributed by atoms with Crippen LogP contribution in [0.5, 0.6) is 0 Å². The maximum absolute atomic E-state index is 13.0. The molecule has 3 atom stereocenters. The van der Waals surface area contributed by atoms with E-state index in [1.807, 2.05) is 0 Å². The van der Waals surface area contributed by atoms with E-state index in [0.29, 0.717) is 17.0 Å². The zero-order chi connectivity index (χ0) is 20.0.